The Kier molecular flexibility index (Phi) is 5.81. The maximum atomic E-state index is 13.2. The summed E-state index contributed by atoms with van der Waals surface area (Å²) in [6, 6.07) is 12.9. The Labute approximate surface area is 182 Å². The molecule has 1 fully saturated rings. The minimum absolute atomic E-state index is 0.0913. The van der Waals surface area contributed by atoms with Gasteiger partial charge >= 0.3 is 6.36 Å². The third-order valence-electron chi connectivity index (χ3n) is 5.58. The van der Waals surface area contributed by atoms with Crippen molar-refractivity contribution in [3.8, 4) is 5.75 Å². The van der Waals surface area contributed by atoms with Crippen LogP contribution in [0.1, 0.15) is 24.4 Å². The molecule has 2 atom stereocenters. The van der Waals surface area contributed by atoms with Crippen LogP contribution in [-0.2, 0) is 14.6 Å². The SMILES string of the molecule is O=CN1CCC(S(=O)(=O)c2ccc(OC(F)(F)F)cc2)CC1c1cccc2cccnc12. The lowest BCUT2D eigenvalue weighted by Crippen LogP contribution is -2.41. The van der Waals surface area contributed by atoms with E-state index in [2.05, 4.69) is 9.72 Å². The maximum Gasteiger partial charge on any atom is 0.573 e. The number of fused-ring (bicyclic) bond motifs is 1. The molecular formula is C22H19F3N2O4S. The molecule has 2 unspecified atom stereocenters. The highest BCUT2D eigenvalue weighted by atomic mass is 32.2. The number of aromatic nitrogens is 1. The van der Waals surface area contributed by atoms with Gasteiger partial charge in [-0.05, 0) is 43.2 Å². The van der Waals surface area contributed by atoms with Crippen LogP contribution in [0.3, 0.4) is 0 Å². The monoisotopic (exact) mass is 464 g/mol. The topological polar surface area (TPSA) is 76.6 Å². The lowest BCUT2D eigenvalue weighted by molar-refractivity contribution is -0.274. The van der Waals surface area contributed by atoms with Gasteiger partial charge in [-0.3, -0.25) is 9.78 Å². The second kappa shape index (κ2) is 8.42. The van der Waals surface area contributed by atoms with E-state index in [0.29, 0.717) is 11.9 Å². The summed E-state index contributed by atoms with van der Waals surface area (Å²) in [5, 5.41) is 0.0677. The number of carbonyl (C=O) groups excluding carboxylic acids is 1. The number of amides is 1. The predicted molar refractivity (Wildman–Crippen MR) is 111 cm³/mol. The summed E-state index contributed by atoms with van der Waals surface area (Å²) in [5.74, 6) is -0.494. The summed E-state index contributed by atoms with van der Waals surface area (Å²) >= 11 is 0. The number of hydrogen-bond acceptors (Lipinski definition) is 5. The summed E-state index contributed by atoms with van der Waals surface area (Å²) in [6.45, 7) is 0.233. The number of sulfone groups is 1. The van der Waals surface area contributed by atoms with E-state index in [0.717, 1.165) is 35.2 Å². The highest BCUT2D eigenvalue weighted by Crippen LogP contribution is 2.37. The molecule has 0 N–H and O–H groups in total. The van der Waals surface area contributed by atoms with Gasteiger partial charge in [0.25, 0.3) is 0 Å². The van der Waals surface area contributed by atoms with Gasteiger partial charge in [0.2, 0.25) is 6.41 Å². The minimum Gasteiger partial charge on any atom is -0.406 e. The molecule has 1 saturated heterocycles. The number of pyridine rings is 1. The van der Waals surface area contributed by atoms with Gasteiger partial charge < -0.3 is 9.64 Å². The number of ether oxygens (including phenoxy) is 1. The van der Waals surface area contributed by atoms with E-state index in [-0.39, 0.29) is 24.3 Å². The Balaban J connectivity index is 1.64. The van der Waals surface area contributed by atoms with E-state index >= 15 is 0 Å². The maximum absolute atomic E-state index is 13.2. The quantitative estimate of drug-likeness (QED) is 0.527. The standard InChI is InChI=1S/C22H19F3N2O4S/c23-22(24,25)31-16-6-8-17(9-7-16)32(29,30)18-10-12-27(14-28)20(13-18)19-5-1-3-15-4-2-11-26-21(15)19/h1-9,11,14,18,20H,10,12-13H2. The molecular weight excluding hydrogens is 445 g/mol. The molecule has 0 saturated carbocycles. The van der Waals surface area contributed by atoms with Gasteiger partial charge in [-0.1, -0.05) is 24.3 Å². The van der Waals surface area contributed by atoms with Crippen LogP contribution >= 0.6 is 0 Å². The molecule has 0 spiro atoms. The largest absolute Gasteiger partial charge is 0.573 e. The van der Waals surface area contributed by atoms with E-state index in [1.807, 2.05) is 24.3 Å². The Hall–Kier alpha value is -3.14. The van der Waals surface area contributed by atoms with Gasteiger partial charge in [-0.25, -0.2) is 8.42 Å². The van der Waals surface area contributed by atoms with Crippen molar-refractivity contribution in [1.29, 1.82) is 0 Å². The number of alkyl halides is 3. The number of piperidine rings is 1. The second-order valence-electron chi connectivity index (χ2n) is 7.49. The van der Waals surface area contributed by atoms with E-state index in [9.17, 15) is 26.4 Å². The molecule has 1 amide bonds. The van der Waals surface area contributed by atoms with Crippen molar-refractivity contribution in [2.24, 2.45) is 0 Å². The van der Waals surface area contributed by atoms with Crippen molar-refractivity contribution >= 4 is 27.2 Å². The Bertz CT molecular complexity index is 1220. The molecule has 1 aromatic heterocycles. The van der Waals surface area contributed by atoms with Crippen molar-refractivity contribution in [2.45, 2.75) is 35.4 Å². The summed E-state index contributed by atoms with van der Waals surface area (Å²) in [4.78, 5) is 17.6. The molecule has 2 heterocycles. The first-order chi connectivity index (χ1) is 15.2. The zero-order valence-electron chi connectivity index (χ0n) is 16.7. The van der Waals surface area contributed by atoms with Crippen molar-refractivity contribution < 1.29 is 31.1 Å². The third kappa shape index (κ3) is 4.40. The van der Waals surface area contributed by atoms with Gasteiger partial charge in [0.1, 0.15) is 5.75 Å². The molecule has 32 heavy (non-hydrogen) atoms. The fourth-order valence-electron chi connectivity index (χ4n) is 4.08. The minimum atomic E-state index is -4.86. The average Bonchev–Trinajstić information content (AvgIpc) is 2.77. The van der Waals surface area contributed by atoms with Crippen LogP contribution in [0.25, 0.3) is 10.9 Å². The third-order valence-corrected chi connectivity index (χ3v) is 7.81. The van der Waals surface area contributed by atoms with Crippen LogP contribution in [0.4, 0.5) is 13.2 Å². The molecule has 1 aliphatic heterocycles. The van der Waals surface area contributed by atoms with Crippen LogP contribution in [0.5, 0.6) is 5.75 Å². The van der Waals surface area contributed by atoms with Crippen molar-refractivity contribution in [2.75, 3.05) is 6.54 Å². The van der Waals surface area contributed by atoms with Gasteiger partial charge in [0, 0.05) is 23.7 Å². The second-order valence-corrected chi connectivity index (χ2v) is 9.72. The predicted octanol–water partition coefficient (Wildman–Crippen LogP) is 4.27. The number of nitrogens with zero attached hydrogens (tertiary/aromatic N) is 2. The molecule has 0 radical (unpaired) electrons. The number of para-hydroxylation sites is 1. The molecule has 4 rings (SSSR count). The van der Waals surface area contributed by atoms with Crippen LogP contribution < -0.4 is 4.74 Å². The number of hydrogen-bond donors (Lipinski definition) is 0. The number of likely N-dealkylation sites (tertiary alicyclic amines) is 1. The number of benzene rings is 2. The first-order valence-corrected chi connectivity index (χ1v) is 11.4. The van der Waals surface area contributed by atoms with Gasteiger partial charge in [0.05, 0.1) is 21.7 Å². The van der Waals surface area contributed by atoms with Gasteiger partial charge in [-0.15, -0.1) is 13.2 Å². The lowest BCUT2D eigenvalue weighted by atomic mass is 9.93. The first-order valence-electron chi connectivity index (χ1n) is 9.83. The fourth-order valence-corrected chi connectivity index (χ4v) is 5.84. The van der Waals surface area contributed by atoms with Gasteiger partial charge in [0.15, 0.2) is 9.84 Å². The normalized spacial score (nSPS) is 19.7. The highest BCUT2D eigenvalue weighted by molar-refractivity contribution is 7.92. The lowest BCUT2D eigenvalue weighted by Gasteiger charge is -2.37. The molecule has 168 valence electrons. The fraction of sp³-hybridized carbons (Fsp3) is 0.273. The van der Waals surface area contributed by atoms with Crippen molar-refractivity contribution in [3.05, 3.63) is 66.4 Å². The molecule has 0 aliphatic carbocycles. The number of carbonyl (C=O) groups is 1. The Morgan fingerprint density at radius 1 is 1.06 bits per heavy atom. The molecule has 1 aliphatic rings. The zero-order valence-corrected chi connectivity index (χ0v) is 17.5. The molecule has 3 aromatic rings. The summed E-state index contributed by atoms with van der Waals surface area (Å²) < 4.78 is 67.4. The Morgan fingerprint density at radius 2 is 1.78 bits per heavy atom. The molecule has 6 nitrogen and oxygen atoms in total. The van der Waals surface area contributed by atoms with Crippen LogP contribution in [0.15, 0.2) is 65.7 Å². The van der Waals surface area contributed by atoms with E-state index in [1.54, 1.807) is 17.2 Å². The first kappa shape index (κ1) is 22.1. The van der Waals surface area contributed by atoms with Crippen LogP contribution in [0, 0.1) is 0 Å². The Morgan fingerprint density at radius 3 is 2.47 bits per heavy atom. The molecule has 2 aromatic carbocycles. The number of rotatable bonds is 5. The van der Waals surface area contributed by atoms with Crippen LogP contribution in [-0.4, -0.2) is 42.9 Å². The van der Waals surface area contributed by atoms with Gasteiger partial charge in [-0.2, -0.15) is 0 Å². The van der Waals surface area contributed by atoms with E-state index in [4.69, 9.17) is 0 Å². The summed E-state index contributed by atoms with van der Waals surface area (Å²) in [5.41, 5.74) is 1.45. The average molecular weight is 464 g/mol. The highest BCUT2D eigenvalue weighted by Gasteiger charge is 2.38. The van der Waals surface area contributed by atoms with E-state index < -0.39 is 33.2 Å². The summed E-state index contributed by atoms with van der Waals surface area (Å²) in [7, 11) is -3.85. The summed E-state index contributed by atoms with van der Waals surface area (Å²) in [6.07, 6.45) is -2.15. The van der Waals surface area contributed by atoms with Crippen LogP contribution in [0.2, 0.25) is 0 Å². The smallest absolute Gasteiger partial charge is 0.406 e. The van der Waals surface area contributed by atoms with Crippen molar-refractivity contribution in [1.82, 2.24) is 9.88 Å². The van der Waals surface area contributed by atoms with Crippen molar-refractivity contribution in [3.63, 3.8) is 0 Å². The van der Waals surface area contributed by atoms with E-state index in [1.165, 1.54) is 0 Å². The zero-order chi connectivity index (χ0) is 22.9. The molecule has 0 bridgehead atoms. The molecule has 10 heteroatoms. The number of halogens is 3.